The first-order valence-electron chi connectivity index (χ1n) is 12.4. The summed E-state index contributed by atoms with van der Waals surface area (Å²) >= 11 is 0. The molecule has 0 saturated carbocycles. The molecule has 2 N–H and O–H groups in total. The average Bonchev–Trinajstić information content (AvgIpc) is 2.88. The number of carbonyl (C=O) groups is 1. The third-order valence-electron chi connectivity index (χ3n) is 7.39. The Morgan fingerprint density at radius 2 is 1.76 bits per heavy atom. The molecule has 2 bridgehead atoms. The number of benzene rings is 2. The number of hydrogen-bond donors (Lipinski definition) is 2. The van der Waals surface area contributed by atoms with E-state index >= 15 is 0 Å². The predicted molar refractivity (Wildman–Crippen MR) is 128 cm³/mol. The molecule has 2 aromatic carbocycles. The van der Waals surface area contributed by atoms with Gasteiger partial charge in [0.1, 0.15) is 11.9 Å². The third kappa shape index (κ3) is 5.68. The summed E-state index contributed by atoms with van der Waals surface area (Å²) in [6, 6.07) is 17.9. The molecule has 4 aliphatic rings. The van der Waals surface area contributed by atoms with Crippen molar-refractivity contribution in [2.45, 2.75) is 37.8 Å². The van der Waals surface area contributed by atoms with Crippen molar-refractivity contribution >= 4 is 6.09 Å². The monoisotopic (exact) mass is 449 g/mol. The van der Waals surface area contributed by atoms with Crippen molar-refractivity contribution in [2.24, 2.45) is 11.8 Å². The Hall–Kier alpha value is -2.57. The number of hydrogen-bond acceptors (Lipinski definition) is 5. The summed E-state index contributed by atoms with van der Waals surface area (Å²) in [5.74, 6) is 1.93. The van der Waals surface area contributed by atoms with Crippen LogP contribution in [0.3, 0.4) is 0 Å². The number of ether oxygens (including phenoxy) is 2. The Balaban J connectivity index is 1.28. The minimum absolute atomic E-state index is 0.0106. The fourth-order valence-corrected chi connectivity index (χ4v) is 5.38. The summed E-state index contributed by atoms with van der Waals surface area (Å²) in [5.41, 5.74) is 2.02. The van der Waals surface area contributed by atoms with Crippen LogP contribution in [-0.4, -0.2) is 56.4 Å². The second kappa shape index (κ2) is 10.6. The van der Waals surface area contributed by atoms with E-state index in [1.807, 2.05) is 54.6 Å². The lowest BCUT2D eigenvalue weighted by atomic mass is 9.86. The minimum atomic E-state index is -0.344. The van der Waals surface area contributed by atoms with Crippen LogP contribution in [0.4, 0.5) is 4.79 Å². The highest BCUT2D eigenvalue weighted by Crippen LogP contribution is 2.30. The van der Waals surface area contributed by atoms with Gasteiger partial charge in [0.05, 0.1) is 12.6 Å². The largest absolute Gasteiger partial charge is 0.493 e. The van der Waals surface area contributed by atoms with Crippen molar-refractivity contribution in [1.82, 2.24) is 15.5 Å². The zero-order valence-corrected chi connectivity index (χ0v) is 19.2. The standard InChI is InChI=1S/C27H35N3O3/c31-27(33-25-18-30-15-11-21(25)12-16-30)29-26(22-5-2-1-3-6-22)23-7-4-8-24(17-23)32-19-20-9-13-28-14-10-20/h1-8,17,20-21,25-26,28H,9-16,18-19H2,(H,29,31). The van der Waals surface area contributed by atoms with E-state index in [4.69, 9.17) is 9.47 Å². The van der Waals surface area contributed by atoms with Crippen molar-refractivity contribution in [2.75, 3.05) is 39.3 Å². The molecule has 4 fully saturated rings. The molecule has 4 heterocycles. The maximum atomic E-state index is 13.0. The second-order valence-electron chi connectivity index (χ2n) is 9.65. The molecule has 33 heavy (non-hydrogen) atoms. The van der Waals surface area contributed by atoms with E-state index in [-0.39, 0.29) is 18.2 Å². The van der Waals surface area contributed by atoms with Crippen LogP contribution >= 0.6 is 0 Å². The number of nitrogens with zero attached hydrogens (tertiary/aromatic N) is 1. The highest BCUT2D eigenvalue weighted by molar-refractivity contribution is 5.69. The lowest BCUT2D eigenvalue weighted by Gasteiger charge is -2.43. The summed E-state index contributed by atoms with van der Waals surface area (Å²) in [5, 5.41) is 6.55. The average molecular weight is 450 g/mol. The molecule has 0 aromatic heterocycles. The molecule has 4 saturated heterocycles. The van der Waals surface area contributed by atoms with Gasteiger partial charge in [-0.1, -0.05) is 42.5 Å². The predicted octanol–water partition coefficient (Wildman–Crippen LogP) is 3.97. The molecule has 4 aliphatic heterocycles. The number of carbonyl (C=O) groups excluding carboxylic acids is 1. The summed E-state index contributed by atoms with van der Waals surface area (Å²) < 4.78 is 12.1. The van der Waals surface area contributed by atoms with Gasteiger partial charge in [-0.2, -0.15) is 0 Å². The number of nitrogens with one attached hydrogen (secondary N) is 2. The van der Waals surface area contributed by atoms with E-state index < -0.39 is 0 Å². The van der Waals surface area contributed by atoms with Crippen LogP contribution < -0.4 is 15.4 Å². The van der Waals surface area contributed by atoms with E-state index in [0.29, 0.717) is 11.8 Å². The molecule has 0 radical (unpaired) electrons. The quantitative estimate of drug-likeness (QED) is 0.670. The van der Waals surface area contributed by atoms with Crippen molar-refractivity contribution < 1.29 is 14.3 Å². The molecule has 1 amide bonds. The molecule has 2 aromatic rings. The Morgan fingerprint density at radius 1 is 1.00 bits per heavy atom. The molecule has 6 heteroatoms. The van der Waals surface area contributed by atoms with Gasteiger partial charge < -0.3 is 20.1 Å². The van der Waals surface area contributed by atoms with Crippen molar-refractivity contribution in [1.29, 1.82) is 0 Å². The Morgan fingerprint density at radius 3 is 2.48 bits per heavy atom. The first-order chi connectivity index (χ1) is 16.2. The SMILES string of the molecule is O=C(NC(c1ccccc1)c1cccc(OCC2CCNCC2)c1)OC1CN2CCC1CC2. The molecule has 176 valence electrons. The molecule has 0 spiro atoms. The molecular weight excluding hydrogens is 414 g/mol. The number of amides is 1. The molecular formula is C27H35N3O3. The van der Waals surface area contributed by atoms with Crippen LogP contribution in [0.1, 0.15) is 42.9 Å². The molecule has 6 nitrogen and oxygen atoms in total. The minimum Gasteiger partial charge on any atom is -0.493 e. The third-order valence-corrected chi connectivity index (χ3v) is 7.39. The summed E-state index contributed by atoms with van der Waals surface area (Å²) in [4.78, 5) is 15.4. The van der Waals surface area contributed by atoms with Gasteiger partial charge in [-0.05, 0) is 87.0 Å². The van der Waals surface area contributed by atoms with Crippen molar-refractivity contribution in [3.05, 3.63) is 65.7 Å². The highest BCUT2D eigenvalue weighted by Gasteiger charge is 2.36. The van der Waals surface area contributed by atoms with Crippen molar-refractivity contribution in [3.63, 3.8) is 0 Å². The Bertz CT molecular complexity index is 908. The molecule has 2 atom stereocenters. The number of rotatable bonds is 7. The summed E-state index contributed by atoms with van der Waals surface area (Å²) in [6.45, 7) is 5.97. The van der Waals surface area contributed by atoms with E-state index in [1.54, 1.807) is 0 Å². The normalized spacial score (nSPS) is 25.9. The van der Waals surface area contributed by atoms with Crippen LogP contribution in [0.15, 0.2) is 54.6 Å². The Labute approximate surface area is 196 Å². The summed E-state index contributed by atoms with van der Waals surface area (Å²) in [7, 11) is 0. The van der Waals surface area contributed by atoms with Crippen LogP contribution in [0.25, 0.3) is 0 Å². The zero-order chi connectivity index (χ0) is 22.5. The van der Waals surface area contributed by atoms with Gasteiger partial charge in [0.2, 0.25) is 0 Å². The molecule has 0 aliphatic carbocycles. The summed E-state index contributed by atoms with van der Waals surface area (Å²) in [6.07, 6.45) is 4.19. The van der Waals surface area contributed by atoms with Crippen LogP contribution in [0.2, 0.25) is 0 Å². The van der Waals surface area contributed by atoms with Crippen molar-refractivity contribution in [3.8, 4) is 5.75 Å². The fourth-order valence-electron chi connectivity index (χ4n) is 5.38. The van der Waals surface area contributed by atoms with Gasteiger partial charge in [0.25, 0.3) is 0 Å². The lowest BCUT2D eigenvalue weighted by molar-refractivity contribution is -0.0336. The van der Waals surface area contributed by atoms with E-state index in [2.05, 4.69) is 15.5 Å². The maximum Gasteiger partial charge on any atom is 0.408 e. The van der Waals surface area contributed by atoms with E-state index in [0.717, 1.165) is 81.9 Å². The van der Waals surface area contributed by atoms with Gasteiger partial charge >= 0.3 is 6.09 Å². The van der Waals surface area contributed by atoms with Gasteiger partial charge in [-0.15, -0.1) is 0 Å². The van der Waals surface area contributed by atoms with E-state index in [9.17, 15) is 4.79 Å². The second-order valence-corrected chi connectivity index (χ2v) is 9.65. The smallest absolute Gasteiger partial charge is 0.408 e. The van der Waals surface area contributed by atoms with Crippen LogP contribution in [-0.2, 0) is 4.74 Å². The van der Waals surface area contributed by atoms with Crippen LogP contribution in [0, 0.1) is 11.8 Å². The first-order valence-corrected chi connectivity index (χ1v) is 12.4. The van der Waals surface area contributed by atoms with Gasteiger partial charge in [0, 0.05) is 6.54 Å². The lowest BCUT2D eigenvalue weighted by Crippen LogP contribution is -2.52. The van der Waals surface area contributed by atoms with Gasteiger partial charge in [-0.3, -0.25) is 4.90 Å². The van der Waals surface area contributed by atoms with Gasteiger partial charge in [0.15, 0.2) is 0 Å². The number of piperidine rings is 4. The zero-order valence-electron chi connectivity index (χ0n) is 19.2. The van der Waals surface area contributed by atoms with Gasteiger partial charge in [-0.25, -0.2) is 4.79 Å². The topological polar surface area (TPSA) is 62.8 Å². The first kappa shape index (κ1) is 22.2. The van der Waals surface area contributed by atoms with E-state index in [1.165, 1.54) is 0 Å². The Kier molecular flexibility index (Phi) is 7.12. The molecule has 6 rings (SSSR count). The fraction of sp³-hybridized carbons (Fsp3) is 0.519. The maximum absolute atomic E-state index is 13.0. The van der Waals surface area contributed by atoms with Crippen LogP contribution in [0.5, 0.6) is 5.75 Å². The number of alkyl carbamates (subject to hydrolysis) is 1. The molecule has 2 unspecified atom stereocenters. The number of fused-ring (bicyclic) bond motifs is 3. The highest BCUT2D eigenvalue weighted by atomic mass is 16.6.